The Hall–Kier alpha value is -1.66. The summed E-state index contributed by atoms with van der Waals surface area (Å²) in [5.41, 5.74) is 0.850. The van der Waals surface area contributed by atoms with Gasteiger partial charge in [0.2, 0.25) is 9.74 Å². The maximum absolute atomic E-state index is 6.12. The van der Waals surface area contributed by atoms with Crippen LogP contribution in [0.5, 0.6) is 0 Å². The van der Waals surface area contributed by atoms with E-state index in [9.17, 15) is 0 Å². The Morgan fingerprint density at radius 3 is 2.62 bits per heavy atom. The number of likely N-dealkylation sites (N-methyl/N-ethyl adjacent to an activating group) is 1. The number of piperidine rings is 1. The van der Waals surface area contributed by atoms with Gasteiger partial charge in [-0.3, -0.25) is 0 Å². The summed E-state index contributed by atoms with van der Waals surface area (Å²) < 4.78 is -1.73. The number of halogens is 3. The van der Waals surface area contributed by atoms with Crippen LogP contribution >= 0.6 is 34.8 Å². The monoisotopic (exact) mass is 449 g/mol. The van der Waals surface area contributed by atoms with Gasteiger partial charge < -0.3 is 10.2 Å². The molecule has 1 N–H and O–H groups in total. The maximum Gasteiger partial charge on any atom is 0.250 e. The zero-order chi connectivity index (χ0) is 20.4. The first-order valence-electron chi connectivity index (χ1n) is 9.73. The number of nitrogens with one attached hydrogen (secondary N) is 1. The summed E-state index contributed by atoms with van der Waals surface area (Å²) in [5.74, 6) is 1.04. The molecule has 1 unspecified atom stereocenters. The summed E-state index contributed by atoms with van der Waals surface area (Å²) >= 11 is 18.3. The predicted molar refractivity (Wildman–Crippen MR) is 121 cm³/mol. The first-order chi connectivity index (χ1) is 13.9. The van der Waals surface area contributed by atoms with Crippen molar-refractivity contribution in [1.29, 1.82) is 0 Å². The lowest BCUT2D eigenvalue weighted by molar-refractivity contribution is 0.226. The molecule has 1 atom stereocenters. The van der Waals surface area contributed by atoms with Crippen LogP contribution in [0.1, 0.15) is 25.6 Å². The highest BCUT2D eigenvalue weighted by Crippen LogP contribution is 2.37. The number of rotatable bonds is 4. The van der Waals surface area contributed by atoms with E-state index in [2.05, 4.69) is 44.2 Å². The molecule has 0 saturated carbocycles. The van der Waals surface area contributed by atoms with E-state index in [0.717, 1.165) is 48.8 Å². The van der Waals surface area contributed by atoms with Crippen LogP contribution in [0, 0.1) is 0 Å². The quantitative estimate of drug-likeness (QED) is 0.538. The van der Waals surface area contributed by atoms with Gasteiger partial charge in [0.1, 0.15) is 0 Å². The number of hydrogen-bond donors (Lipinski definition) is 1. The number of nitrogens with zero attached hydrogens (tertiary/aromatic N) is 4. The number of anilines is 1. The highest BCUT2D eigenvalue weighted by atomic mass is 35.6. The minimum Gasteiger partial charge on any atom is -0.350 e. The number of aromatic nitrogens is 3. The first-order valence-corrected chi connectivity index (χ1v) is 10.9. The fourth-order valence-corrected chi connectivity index (χ4v) is 3.92. The van der Waals surface area contributed by atoms with Gasteiger partial charge in [-0.25, -0.2) is 4.98 Å². The fourth-order valence-electron chi connectivity index (χ4n) is 3.67. The molecule has 4 rings (SSSR count). The van der Waals surface area contributed by atoms with Gasteiger partial charge in [-0.1, -0.05) is 78.1 Å². The van der Waals surface area contributed by atoms with Crippen LogP contribution in [-0.2, 0) is 3.79 Å². The molecule has 8 heteroatoms. The molecular weight excluding hydrogens is 429 g/mol. The van der Waals surface area contributed by atoms with E-state index in [1.807, 2.05) is 30.3 Å². The van der Waals surface area contributed by atoms with Crippen molar-refractivity contribution in [2.75, 3.05) is 25.0 Å². The second kappa shape index (κ2) is 8.60. The molecule has 5 nitrogen and oxygen atoms in total. The van der Waals surface area contributed by atoms with Gasteiger partial charge >= 0.3 is 0 Å². The van der Waals surface area contributed by atoms with Crippen LogP contribution < -0.4 is 5.32 Å². The van der Waals surface area contributed by atoms with Crippen LogP contribution in [0.3, 0.4) is 0 Å². The molecule has 3 aromatic rings. The smallest absolute Gasteiger partial charge is 0.250 e. The van der Waals surface area contributed by atoms with Gasteiger partial charge in [0, 0.05) is 18.2 Å². The zero-order valence-corrected chi connectivity index (χ0v) is 18.3. The van der Waals surface area contributed by atoms with Crippen LogP contribution in [0.4, 0.5) is 5.95 Å². The molecule has 29 heavy (non-hydrogen) atoms. The normalized spacial score (nSPS) is 18.1. The van der Waals surface area contributed by atoms with Crippen molar-refractivity contribution in [3.05, 3.63) is 48.3 Å². The fraction of sp³-hybridized carbons (Fsp3) is 0.381. The summed E-state index contributed by atoms with van der Waals surface area (Å²) in [6.45, 7) is 5.26. The average Bonchev–Trinajstić information content (AvgIpc) is 2.72. The SMILES string of the molecule is CCN1CCCC(Nc2nc(-c3ccc4ccccc4c3)nc(C(Cl)(Cl)Cl)n2)C1. The summed E-state index contributed by atoms with van der Waals surface area (Å²) in [4.78, 5) is 15.9. The van der Waals surface area contributed by atoms with Crippen LogP contribution in [0.25, 0.3) is 22.2 Å². The molecule has 0 radical (unpaired) electrons. The molecule has 1 saturated heterocycles. The molecule has 0 amide bonds. The minimum atomic E-state index is -1.73. The van der Waals surface area contributed by atoms with Crippen LogP contribution in [0.2, 0.25) is 0 Å². The topological polar surface area (TPSA) is 53.9 Å². The third-order valence-corrected chi connectivity index (χ3v) is 5.69. The second-order valence-corrected chi connectivity index (χ2v) is 9.52. The van der Waals surface area contributed by atoms with Crippen molar-refractivity contribution in [1.82, 2.24) is 19.9 Å². The van der Waals surface area contributed by atoms with E-state index in [1.54, 1.807) is 0 Å². The molecule has 1 aliphatic heterocycles. The van der Waals surface area contributed by atoms with Crippen molar-refractivity contribution in [3.8, 4) is 11.4 Å². The zero-order valence-electron chi connectivity index (χ0n) is 16.1. The minimum absolute atomic E-state index is 0.117. The Labute approximate surface area is 185 Å². The predicted octanol–water partition coefficient (Wildman–Crippen LogP) is 5.41. The van der Waals surface area contributed by atoms with Crippen LogP contribution in [0.15, 0.2) is 42.5 Å². The van der Waals surface area contributed by atoms with Crippen LogP contribution in [-0.4, -0.2) is 45.5 Å². The lowest BCUT2D eigenvalue weighted by atomic mass is 10.1. The molecular formula is C21H22Cl3N5. The van der Waals surface area contributed by atoms with Gasteiger partial charge in [-0.05, 0) is 42.8 Å². The van der Waals surface area contributed by atoms with E-state index >= 15 is 0 Å². The third kappa shape index (κ3) is 4.92. The number of likely N-dealkylation sites (tertiary alicyclic amines) is 1. The Bertz CT molecular complexity index is 1010. The third-order valence-electron chi connectivity index (χ3n) is 5.18. The maximum atomic E-state index is 6.12. The number of hydrogen-bond acceptors (Lipinski definition) is 5. The number of fused-ring (bicyclic) bond motifs is 1. The second-order valence-electron chi connectivity index (χ2n) is 7.24. The molecule has 0 bridgehead atoms. The Morgan fingerprint density at radius 1 is 1.07 bits per heavy atom. The molecule has 1 aliphatic rings. The Balaban J connectivity index is 1.70. The molecule has 1 fully saturated rings. The van der Waals surface area contributed by atoms with Crippen molar-refractivity contribution in [2.45, 2.75) is 29.6 Å². The molecule has 0 aliphatic carbocycles. The van der Waals surface area contributed by atoms with Gasteiger partial charge in [0.15, 0.2) is 11.6 Å². The Kier molecular flexibility index (Phi) is 6.11. The molecule has 2 aromatic carbocycles. The number of alkyl halides is 3. The van der Waals surface area contributed by atoms with E-state index in [-0.39, 0.29) is 11.9 Å². The Morgan fingerprint density at radius 2 is 1.86 bits per heavy atom. The number of benzene rings is 2. The average molecular weight is 451 g/mol. The van der Waals surface area contributed by atoms with Crippen molar-refractivity contribution in [2.24, 2.45) is 0 Å². The van der Waals surface area contributed by atoms with E-state index in [1.165, 1.54) is 0 Å². The van der Waals surface area contributed by atoms with E-state index in [4.69, 9.17) is 34.8 Å². The summed E-state index contributed by atoms with van der Waals surface area (Å²) in [6.07, 6.45) is 2.18. The molecule has 2 heterocycles. The first kappa shape index (κ1) is 20.6. The van der Waals surface area contributed by atoms with Crippen molar-refractivity contribution < 1.29 is 0 Å². The summed E-state index contributed by atoms with van der Waals surface area (Å²) in [7, 11) is 0. The summed E-state index contributed by atoms with van der Waals surface area (Å²) in [6, 6.07) is 14.4. The van der Waals surface area contributed by atoms with Crippen molar-refractivity contribution >= 4 is 51.5 Å². The van der Waals surface area contributed by atoms with Gasteiger partial charge in [0.25, 0.3) is 0 Å². The molecule has 1 aromatic heterocycles. The molecule has 152 valence electrons. The standard InChI is InChI=1S/C21H22Cl3N5/c1-2-29-11-5-8-17(13-29)25-20-27-18(26-19(28-20)21(22,23)24)16-10-9-14-6-3-4-7-15(14)12-16/h3-4,6-7,9-10,12,17H,2,5,8,11,13H2,1H3,(H,25,26,27,28). The van der Waals surface area contributed by atoms with E-state index < -0.39 is 3.79 Å². The van der Waals surface area contributed by atoms with Gasteiger partial charge in [0.05, 0.1) is 0 Å². The largest absolute Gasteiger partial charge is 0.350 e. The van der Waals surface area contributed by atoms with Crippen molar-refractivity contribution in [3.63, 3.8) is 0 Å². The molecule has 0 spiro atoms. The van der Waals surface area contributed by atoms with Gasteiger partial charge in [-0.2, -0.15) is 9.97 Å². The highest BCUT2D eigenvalue weighted by Gasteiger charge is 2.29. The highest BCUT2D eigenvalue weighted by molar-refractivity contribution is 6.66. The van der Waals surface area contributed by atoms with Gasteiger partial charge in [-0.15, -0.1) is 0 Å². The summed E-state index contributed by atoms with van der Waals surface area (Å²) in [5, 5.41) is 5.67. The lowest BCUT2D eigenvalue weighted by Crippen LogP contribution is -2.42. The lowest BCUT2D eigenvalue weighted by Gasteiger charge is -2.32. The van der Waals surface area contributed by atoms with E-state index in [0.29, 0.717) is 11.8 Å².